The minimum absolute atomic E-state index is 0.102. The van der Waals surface area contributed by atoms with Gasteiger partial charge in [-0.1, -0.05) is 18.7 Å². The van der Waals surface area contributed by atoms with E-state index in [1.54, 1.807) is 14.2 Å². The summed E-state index contributed by atoms with van der Waals surface area (Å²) in [7, 11) is 3.37. The molecule has 1 N–H and O–H groups in total. The molecule has 1 atom stereocenters. The van der Waals surface area contributed by atoms with Crippen molar-refractivity contribution in [2.24, 2.45) is 5.92 Å². The number of methoxy groups -OCH3 is 2. The molecule has 6 nitrogen and oxygen atoms in total. The molecule has 2 saturated heterocycles. The van der Waals surface area contributed by atoms with Gasteiger partial charge in [-0.2, -0.15) is 0 Å². The highest BCUT2D eigenvalue weighted by Crippen LogP contribution is 2.25. The Labute approximate surface area is 168 Å². The van der Waals surface area contributed by atoms with Crippen molar-refractivity contribution >= 4 is 11.6 Å². The number of amides is 1. The molecular formula is C22H33N3O3. The van der Waals surface area contributed by atoms with Crippen LogP contribution < -0.4 is 10.2 Å². The number of piperazine rings is 1. The number of nitrogens with one attached hydrogen (secondary N) is 1. The van der Waals surface area contributed by atoms with Crippen molar-refractivity contribution in [3.05, 3.63) is 42.1 Å². The van der Waals surface area contributed by atoms with Crippen molar-refractivity contribution in [1.29, 1.82) is 0 Å². The number of anilines is 1. The molecule has 0 saturated carbocycles. The van der Waals surface area contributed by atoms with Crippen LogP contribution in [-0.2, 0) is 20.7 Å². The van der Waals surface area contributed by atoms with Crippen molar-refractivity contribution in [3.63, 3.8) is 0 Å². The Morgan fingerprint density at radius 2 is 1.82 bits per heavy atom. The van der Waals surface area contributed by atoms with Crippen molar-refractivity contribution in [3.8, 4) is 0 Å². The fourth-order valence-electron chi connectivity index (χ4n) is 4.00. The Morgan fingerprint density at radius 3 is 2.43 bits per heavy atom. The molecule has 6 heteroatoms. The highest BCUT2D eigenvalue weighted by molar-refractivity contribution is 5.78. The van der Waals surface area contributed by atoms with Crippen LogP contribution in [0.2, 0.25) is 0 Å². The van der Waals surface area contributed by atoms with Gasteiger partial charge >= 0.3 is 0 Å². The van der Waals surface area contributed by atoms with Crippen LogP contribution in [-0.4, -0.2) is 64.0 Å². The molecule has 1 amide bonds. The number of carbonyl (C=O) groups excluding carboxylic acids is 1. The second-order valence-corrected chi connectivity index (χ2v) is 7.70. The molecule has 2 aliphatic heterocycles. The zero-order chi connectivity index (χ0) is 19.9. The van der Waals surface area contributed by atoms with Crippen molar-refractivity contribution in [2.75, 3.05) is 51.8 Å². The van der Waals surface area contributed by atoms with Gasteiger partial charge in [0.25, 0.3) is 0 Å². The van der Waals surface area contributed by atoms with E-state index in [2.05, 4.69) is 46.0 Å². The van der Waals surface area contributed by atoms with E-state index >= 15 is 0 Å². The summed E-state index contributed by atoms with van der Waals surface area (Å²) in [6, 6.07) is 8.93. The predicted octanol–water partition coefficient (Wildman–Crippen LogP) is 2.40. The third-order valence-corrected chi connectivity index (χ3v) is 5.90. The van der Waals surface area contributed by atoms with Gasteiger partial charge in [0.2, 0.25) is 5.91 Å². The van der Waals surface area contributed by atoms with Crippen LogP contribution in [0.3, 0.4) is 0 Å². The lowest BCUT2D eigenvalue weighted by Gasteiger charge is -2.37. The first kappa shape index (κ1) is 20.8. The van der Waals surface area contributed by atoms with E-state index in [1.165, 1.54) is 11.3 Å². The minimum atomic E-state index is -0.153. The molecular weight excluding hydrogens is 354 g/mol. The van der Waals surface area contributed by atoms with Crippen LogP contribution in [0.5, 0.6) is 0 Å². The number of nitrogens with zero attached hydrogens (tertiary/aromatic N) is 2. The number of ether oxygens (including phenoxy) is 2. The predicted molar refractivity (Wildman–Crippen MR) is 111 cm³/mol. The van der Waals surface area contributed by atoms with Crippen LogP contribution in [0.15, 0.2) is 36.5 Å². The third-order valence-electron chi connectivity index (χ3n) is 5.90. The van der Waals surface area contributed by atoms with Gasteiger partial charge in [-0.05, 0) is 42.9 Å². The number of allylic oxidation sites excluding steroid dienone is 1. The van der Waals surface area contributed by atoms with E-state index in [9.17, 15) is 4.79 Å². The molecule has 0 spiro atoms. The number of carbonyl (C=O) groups is 1. The third kappa shape index (κ3) is 5.56. The molecule has 1 unspecified atom stereocenters. The average Bonchev–Trinajstić information content (AvgIpc) is 2.72. The minimum Gasteiger partial charge on any atom is -0.369 e. The first-order valence-electron chi connectivity index (χ1n) is 10.2. The normalized spacial score (nSPS) is 21.2. The van der Waals surface area contributed by atoms with E-state index in [-0.39, 0.29) is 12.2 Å². The van der Waals surface area contributed by atoms with Crippen LogP contribution in [0, 0.1) is 5.92 Å². The Balaban J connectivity index is 1.44. The van der Waals surface area contributed by atoms with E-state index in [4.69, 9.17) is 9.47 Å². The molecule has 1 aromatic carbocycles. The van der Waals surface area contributed by atoms with Crippen molar-refractivity contribution in [1.82, 2.24) is 10.2 Å². The molecule has 154 valence electrons. The van der Waals surface area contributed by atoms with Crippen molar-refractivity contribution < 1.29 is 14.3 Å². The highest BCUT2D eigenvalue weighted by Gasteiger charge is 2.22. The summed E-state index contributed by atoms with van der Waals surface area (Å²) in [5, 5.41) is 2.88. The second-order valence-electron chi connectivity index (χ2n) is 7.70. The molecule has 1 aromatic rings. The topological polar surface area (TPSA) is 54.0 Å². The lowest BCUT2D eigenvalue weighted by molar-refractivity contribution is -0.121. The summed E-state index contributed by atoms with van der Waals surface area (Å²) in [6.07, 6.45) is 3.43. The maximum atomic E-state index is 11.4. The first-order valence-corrected chi connectivity index (χ1v) is 10.2. The molecule has 3 rings (SSSR count). The number of rotatable bonds is 8. The average molecular weight is 388 g/mol. The fourth-order valence-corrected chi connectivity index (χ4v) is 4.00. The fraction of sp³-hybridized carbons (Fsp3) is 0.591. The summed E-state index contributed by atoms with van der Waals surface area (Å²) in [6.45, 7) is 8.88. The van der Waals surface area contributed by atoms with E-state index in [0.29, 0.717) is 12.3 Å². The molecule has 0 bridgehead atoms. The van der Waals surface area contributed by atoms with Gasteiger partial charge in [0.1, 0.15) is 0 Å². The summed E-state index contributed by atoms with van der Waals surface area (Å²) < 4.78 is 10.6. The van der Waals surface area contributed by atoms with Gasteiger partial charge in [0, 0.05) is 64.7 Å². The van der Waals surface area contributed by atoms with Gasteiger partial charge in [-0.25, -0.2) is 0 Å². The maximum absolute atomic E-state index is 11.4. The zero-order valence-corrected chi connectivity index (χ0v) is 17.2. The molecule has 2 heterocycles. The number of hydrogen-bond acceptors (Lipinski definition) is 5. The zero-order valence-electron chi connectivity index (χ0n) is 17.2. The van der Waals surface area contributed by atoms with Gasteiger partial charge in [0.15, 0.2) is 6.29 Å². The Bertz CT molecular complexity index is 649. The van der Waals surface area contributed by atoms with Crippen LogP contribution in [0.4, 0.5) is 5.69 Å². The van der Waals surface area contributed by atoms with Gasteiger partial charge in [-0.15, -0.1) is 0 Å². The second kappa shape index (κ2) is 10.0. The summed E-state index contributed by atoms with van der Waals surface area (Å²) in [5.41, 5.74) is 3.51. The molecule has 0 aromatic heterocycles. The monoisotopic (exact) mass is 387 g/mol. The van der Waals surface area contributed by atoms with Crippen molar-refractivity contribution in [2.45, 2.75) is 32.0 Å². The Morgan fingerprint density at radius 1 is 1.14 bits per heavy atom. The number of aryl methyl sites for hydroxylation is 1. The number of piperidine rings is 1. The lowest BCUT2D eigenvalue weighted by atomic mass is 9.90. The number of hydrogen-bond donors (Lipinski definition) is 1. The van der Waals surface area contributed by atoms with E-state index in [1.807, 2.05) is 0 Å². The molecule has 2 aliphatic rings. The smallest absolute Gasteiger partial charge is 0.224 e. The Kier molecular flexibility index (Phi) is 7.48. The first-order chi connectivity index (χ1) is 13.6. The summed E-state index contributed by atoms with van der Waals surface area (Å²) in [4.78, 5) is 16.2. The quantitative estimate of drug-likeness (QED) is 0.694. The molecule has 0 radical (unpaired) electrons. The van der Waals surface area contributed by atoms with Crippen LogP contribution >= 0.6 is 0 Å². The molecule has 0 aliphatic carbocycles. The largest absolute Gasteiger partial charge is 0.369 e. The van der Waals surface area contributed by atoms with Crippen LogP contribution in [0.1, 0.15) is 24.8 Å². The SMILES string of the molecule is C=C1NC(=O)CCC1CCc1ccc(N2CCN(CC(OC)OC)CC2)cc1. The van der Waals surface area contributed by atoms with Gasteiger partial charge in [0.05, 0.1) is 0 Å². The highest BCUT2D eigenvalue weighted by atomic mass is 16.7. The Hall–Kier alpha value is -1.89. The lowest BCUT2D eigenvalue weighted by Crippen LogP contribution is -2.49. The van der Waals surface area contributed by atoms with Gasteiger partial charge in [-0.3, -0.25) is 9.69 Å². The van der Waals surface area contributed by atoms with Crippen LogP contribution in [0.25, 0.3) is 0 Å². The maximum Gasteiger partial charge on any atom is 0.224 e. The number of benzene rings is 1. The molecule has 28 heavy (non-hydrogen) atoms. The van der Waals surface area contributed by atoms with E-state index < -0.39 is 0 Å². The molecule has 2 fully saturated rings. The van der Waals surface area contributed by atoms with E-state index in [0.717, 1.165) is 57.7 Å². The standard InChI is InChI=1S/C22H33N3O3/c1-17-19(8-11-21(26)23-17)7-4-18-5-9-20(10-6-18)25-14-12-24(13-15-25)16-22(27-2)28-3/h5-6,9-10,19,22H,1,4,7-8,11-16H2,2-3H3,(H,23,26). The van der Waals surface area contributed by atoms with Gasteiger partial charge < -0.3 is 19.7 Å². The summed E-state index contributed by atoms with van der Waals surface area (Å²) in [5.74, 6) is 0.499. The summed E-state index contributed by atoms with van der Waals surface area (Å²) >= 11 is 0.